The lowest BCUT2D eigenvalue weighted by Gasteiger charge is -2.20. The van der Waals surface area contributed by atoms with Crippen LogP contribution in [0.15, 0.2) is 29.9 Å². The molecule has 4 heterocycles. The molecule has 0 aromatic carbocycles. The Hall–Kier alpha value is -2.47. The first kappa shape index (κ1) is 20.8. The van der Waals surface area contributed by atoms with Gasteiger partial charge in [0.25, 0.3) is 0 Å². The van der Waals surface area contributed by atoms with Crippen molar-refractivity contribution in [3.8, 4) is 0 Å². The minimum atomic E-state index is -0.861. The lowest BCUT2D eigenvalue weighted by Crippen LogP contribution is -2.42. The maximum atomic E-state index is 12.2. The summed E-state index contributed by atoms with van der Waals surface area (Å²) in [6, 6.07) is 3.30. The normalized spacial score (nSPS) is 27.6. The van der Waals surface area contributed by atoms with E-state index in [0.717, 1.165) is 10.6 Å². The van der Waals surface area contributed by atoms with Crippen LogP contribution in [0.1, 0.15) is 18.4 Å². The van der Waals surface area contributed by atoms with Crippen molar-refractivity contribution in [3.05, 3.63) is 35.5 Å². The second-order valence-electron chi connectivity index (χ2n) is 7.48. The molecule has 2 fully saturated rings. The Morgan fingerprint density at radius 1 is 1.37 bits per heavy atom. The highest BCUT2D eigenvalue weighted by atomic mass is 32.1. The summed E-state index contributed by atoms with van der Waals surface area (Å²) in [4.78, 5) is 24.1. The molecule has 2 aliphatic rings. The highest BCUT2D eigenvalue weighted by molar-refractivity contribution is 7.14. The van der Waals surface area contributed by atoms with E-state index in [1.165, 1.54) is 11.3 Å². The topological polar surface area (TPSA) is 127 Å². The number of aliphatic hydroxyl groups is 1. The summed E-state index contributed by atoms with van der Waals surface area (Å²) in [7, 11) is 1.82. The molecule has 0 bridgehead atoms. The van der Waals surface area contributed by atoms with Crippen molar-refractivity contribution < 1.29 is 24.2 Å². The van der Waals surface area contributed by atoms with E-state index in [9.17, 15) is 14.7 Å². The molecule has 0 aliphatic carbocycles. The zero-order valence-electron chi connectivity index (χ0n) is 16.5. The zero-order valence-corrected chi connectivity index (χ0v) is 17.3. The fraction of sp³-hybridized carbons (Fsp3) is 0.526. The van der Waals surface area contributed by atoms with Crippen molar-refractivity contribution in [2.45, 2.75) is 49.9 Å². The summed E-state index contributed by atoms with van der Waals surface area (Å²) < 4.78 is 13.4. The summed E-state index contributed by atoms with van der Waals surface area (Å²) in [5, 5.41) is 25.4. The average molecular weight is 436 g/mol. The number of aliphatic hydroxyl groups excluding tert-OH is 1. The number of anilines is 1. The molecule has 2 aromatic heterocycles. The van der Waals surface area contributed by atoms with Gasteiger partial charge in [0.05, 0.1) is 29.8 Å². The molecule has 2 aliphatic heterocycles. The highest BCUT2D eigenvalue weighted by Gasteiger charge is 2.50. The van der Waals surface area contributed by atoms with Crippen molar-refractivity contribution in [1.29, 1.82) is 0 Å². The summed E-state index contributed by atoms with van der Waals surface area (Å²) >= 11 is 1.42. The van der Waals surface area contributed by atoms with Crippen molar-refractivity contribution in [1.82, 2.24) is 20.4 Å². The maximum Gasteiger partial charge on any atom is 0.319 e. The minimum absolute atomic E-state index is 0.123. The first-order chi connectivity index (χ1) is 14.5. The fourth-order valence-corrected chi connectivity index (χ4v) is 4.36. The van der Waals surface area contributed by atoms with Gasteiger partial charge in [0.15, 0.2) is 0 Å². The van der Waals surface area contributed by atoms with E-state index in [-0.39, 0.29) is 37.1 Å². The molecule has 10 nitrogen and oxygen atoms in total. The Morgan fingerprint density at radius 3 is 2.93 bits per heavy atom. The first-order valence-corrected chi connectivity index (χ1v) is 10.7. The minimum Gasteiger partial charge on any atom is -0.388 e. The van der Waals surface area contributed by atoms with E-state index >= 15 is 0 Å². The van der Waals surface area contributed by atoms with Crippen LogP contribution in [0.5, 0.6) is 0 Å². The summed E-state index contributed by atoms with van der Waals surface area (Å²) in [5.41, 5.74) is 0.923. The number of hydrogen-bond donors (Lipinski definition) is 4. The predicted molar refractivity (Wildman–Crippen MR) is 109 cm³/mol. The SMILES string of the molecule is Cn1cc(CNC(=O)CC2CC3OC(CNC(=O)Nc4cccs4)C(O)C3O2)cn1. The molecule has 4 rings (SSSR count). The molecular formula is C19H25N5O5S. The number of thiophene rings is 1. The standard InChI is InChI=1S/C19H25N5O5S/c1-24-10-11(8-22-24)7-20-15(25)6-12-5-13-18(28-12)17(26)14(29-13)9-21-19(27)23-16-3-2-4-30-16/h2-4,8,10,12-14,17-18,26H,5-7,9H2,1H3,(H,20,25)(H2,21,23,27). The Morgan fingerprint density at radius 2 is 2.23 bits per heavy atom. The Balaban J connectivity index is 1.18. The number of fused-ring (bicyclic) bond motifs is 1. The third-order valence-electron chi connectivity index (χ3n) is 5.16. The van der Waals surface area contributed by atoms with Gasteiger partial charge in [0.1, 0.15) is 18.3 Å². The first-order valence-electron chi connectivity index (χ1n) is 9.79. The van der Waals surface area contributed by atoms with E-state index in [1.807, 2.05) is 24.7 Å². The van der Waals surface area contributed by atoms with Crippen molar-refractivity contribution in [3.63, 3.8) is 0 Å². The monoisotopic (exact) mass is 435 g/mol. The lowest BCUT2D eigenvalue weighted by atomic mass is 10.1. The van der Waals surface area contributed by atoms with Crippen LogP contribution in [0, 0.1) is 0 Å². The van der Waals surface area contributed by atoms with E-state index in [0.29, 0.717) is 13.0 Å². The number of ether oxygens (including phenoxy) is 2. The average Bonchev–Trinajstić information content (AvgIpc) is 3.47. The molecule has 2 saturated heterocycles. The van der Waals surface area contributed by atoms with Gasteiger partial charge >= 0.3 is 6.03 Å². The van der Waals surface area contributed by atoms with Crippen LogP contribution in [-0.4, -0.2) is 63.9 Å². The molecule has 11 heteroatoms. The van der Waals surface area contributed by atoms with Gasteiger partial charge in [-0.2, -0.15) is 5.10 Å². The molecule has 5 unspecified atom stereocenters. The quantitative estimate of drug-likeness (QED) is 0.504. The third-order valence-corrected chi connectivity index (χ3v) is 5.95. The highest BCUT2D eigenvalue weighted by Crippen LogP contribution is 2.35. The molecule has 30 heavy (non-hydrogen) atoms. The van der Waals surface area contributed by atoms with Crippen LogP contribution >= 0.6 is 11.3 Å². The van der Waals surface area contributed by atoms with Crippen molar-refractivity contribution in [2.24, 2.45) is 7.05 Å². The number of carbonyl (C=O) groups is 2. The van der Waals surface area contributed by atoms with E-state index in [4.69, 9.17) is 9.47 Å². The zero-order chi connectivity index (χ0) is 21.1. The number of hydrogen-bond acceptors (Lipinski definition) is 7. The van der Waals surface area contributed by atoms with Crippen LogP contribution < -0.4 is 16.0 Å². The summed E-state index contributed by atoms with van der Waals surface area (Å²) in [6.45, 7) is 0.581. The number of aryl methyl sites for hydroxylation is 1. The Labute approximate surface area is 177 Å². The van der Waals surface area contributed by atoms with Gasteiger partial charge < -0.3 is 25.2 Å². The molecule has 4 N–H and O–H groups in total. The maximum absolute atomic E-state index is 12.2. The molecule has 5 atom stereocenters. The van der Waals surface area contributed by atoms with Gasteiger partial charge in [-0.3, -0.25) is 14.8 Å². The molecule has 0 radical (unpaired) electrons. The number of urea groups is 1. The number of carbonyl (C=O) groups excluding carboxylic acids is 2. The predicted octanol–water partition coefficient (Wildman–Crippen LogP) is 0.595. The molecule has 0 saturated carbocycles. The second kappa shape index (κ2) is 9.13. The van der Waals surface area contributed by atoms with Crippen molar-refractivity contribution >= 4 is 28.3 Å². The number of rotatable bonds is 7. The largest absolute Gasteiger partial charge is 0.388 e. The van der Waals surface area contributed by atoms with E-state index in [2.05, 4.69) is 21.0 Å². The molecule has 2 aromatic rings. The van der Waals surface area contributed by atoms with Gasteiger partial charge in [-0.15, -0.1) is 11.3 Å². The summed E-state index contributed by atoms with van der Waals surface area (Å²) in [5.74, 6) is -0.123. The Bertz CT molecular complexity index is 873. The smallest absolute Gasteiger partial charge is 0.319 e. The van der Waals surface area contributed by atoms with E-state index in [1.54, 1.807) is 16.9 Å². The van der Waals surface area contributed by atoms with Crippen LogP contribution in [0.4, 0.5) is 9.80 Å². The number of nitrogens with zero attached hydrogens (tertiary/aromatic N) is 2. The van der Waals surface area contributed by atoms with Gasteiger partial charge in [-0.05, 0) is 17.5 Å². The number of aromatic nitrogens is 2. The van der Waals surface area contributed by atoms with Gasteiger partial charge in [-0.1, -0.05) is 0 Å². The van der Waals surface area contributed by atoms with Crippen LogP contribution in [0.25, 0.3) is 0 Å². The third kappa shape index (κ3) is 4.98. The number of amides is 3. The molecule has 3 amide bonds. The Kier molecular flexibility index (Phi) is 6.32. The van der Waals surface area contributed by atoms with E-state index < -0.39 is 18.3 Å². The fourth-order valence-electron chi connectivity index (χ4n) is 3.75. The van der Waals surface area contributed by atoms with Gasteiger partial charge in [0, 0.05) is 38.3 Å². The van der Waals surface area contributed by atoms with Crippen LogP contribution in [0.3, 0.4) is 0 Å². The van der Waals surface area contributed by atoms with Crippen molar-refractivity contribution in [2.75, 3.05) is 11.9 Å². The number of nitrogens with one attached hydrogen (secondary N) is 3. The van der Waals surface area contributed by atoms with Crippen LogP contribution in [-0.2, 0) is 27.9 Å². The van der Waals surface area contributed by atoms with Gasteiger partial charge in [0.2, 0.25) is 5.91 Å². The molecule has 0 spiro atoms. The summed E-state index contributed by atoms with van der Waals surface area (Å²) in [6.07, 6.45) is 1.78. The lowest BCUT2D eigenvalue weighted by molar-refractivity contribution is -0.124. The second-order valence-corrected chi connectivity index (χ2v) is 8.43. The molecular weight excluding hydrogens is 410 g/mol. The molecule has 162 valence electrons. The van der Waals surface area contributed by atoms with Gasteiger partial charge in [-0.25, -0.2) is 4.79 Å². The van der Waals surface area contributed by atoms with Crippen LogP contribution in [0.2, 0.25) is 0 Å².